The van der Waals surface area contributed by atoms with Crippen LogP contribution >= 0.6 is 0 Å². The first-order valence-corrected chi connectivity index (χ1v) is 12.6. The van der Waals surface area contributed by atoms with E-state index < -0.39 is 10.0 Å². The lowest BCUT2D eigenvalue weighted by Crippen LogP contribution is -2.45. The summed E-state index contributed by atoms with van der Waals surface area (Å²) in [5.74, 6) is 0.794. The molecular formula is C21H34N4O3S. The molecule has 2 fully saturated rings. The summed E-state index contributed by atoms with van der Waals surface area (Å²) in [7, 11) is -3.25. The number of aromatic nitrogens is 1. The molecule has 3 heterocycles. The van der Waals surface area contributed by atoms with E-state index in [-0.39, 0.29) is 17.6 Å². The van der Waals surface area contributed by atoms with Gasteiger partial charge in [-0.3, -0.25) is 4.79 Å². The van der Waals surface area contributed by atoms with Gasteiger partial charge in [-0.25, -0.2) is 17.7 Å². The van der Waals surface area contributed by atoms with Crippen molar-refractivity contribution >= 4 is 21.7 Å². The van der Waals surface area contributed by atoms with Gasteiger partial charge in [0.25, 0.3) is 0 Å². The topological polar surface area (TPSA) is 82.6 Å². The Labute approximate surface area is 174 Å². The predicted octanol–water partition coefficient (Wildman–Crippen LogP) is 2.53. The maximum absolute atomic E-state index is 12.7. The Bertz CT molecular complexity index is 776. The Hall–Kier alpha value is -1.67. The van der Waals surface area contributed by atoms with Crippen molar-refractivity contribution in [1.29, 1.82) is 0 Å². The highest BCUT2D eigenvalue weighted by Gasteiger charge is 2.31. The molecule has 1 aromatic heterocycles. The molecule has 2 aliphatic heterocycles. The fraction of sp³-hybridized carbons (Fsp3) is 0.714. The first-order valence-electron chi connectivity index (χ1n) is 10.9. The zero-order valence-electron chi connectivity index (χ0n) is 17.5. The van der Waals surface area contributed by atoms with Gasteiger partial charge in [-0.05, 0) is 49.8 Å². The normalized spacial score (nSPS) is 21.6. The summed E-state index contributed by atoms with van der Waals surface area (Å²) >= 11 is 0. The maximum atomic E-state index is 12.7. The predicted molar refractivity (Wildman–Crippen MR) is 115 cm³/mol. The summed E-state index contributed by atoms with van der Waals surface area (Å²) in [5, 5.41) is 3.01. The lowest BCUT2D eigenvalue weighted by Gasteiger charge is -2.31. The van der Waals surface area contributed by atoms with Crippen molar-refractivity contribution in [3.8, 4) is 0 Å². The molecular weight excluding hydrogens is 388 g/mol. The van der Waals surface area contributed by atoms with Crippen LogP contribution in [0.2, 0.25) is 0 Å². The van der Waals surface area contributed by atoms with E-state index in [9.17, 15) is 13.2 Å². The van der Waals surface area contributed by atoms with E-state index >= 15 is 0 Å². The van der Waals surface area contributed by atoms with Crippen LogP contribution in [0.1, 0.15) is 57.4 Å². The molecule has 2 saturated heterocycles. The van der Waals surface area contributed by atoms with E-state index in [0.717, 1.165) is 37.3 Å². The summed E-state index contributed by atoms with van der Waals surface area (Å²) < 4.78 is 26.2. The van der Waals surface area contributed by atoms with Gasteiger partial charge in [0, 0.05) is 38.9 Å². The minimum absolute atomic E-state index is 0.0606. The van der Waals surface area contributed by atoms with Gasteiger partial charge in [-0.2, -0.15) is 0 Å². The minimum atomic E-state index is -3.25. The number of sulfonamides is 1. The van der Waals surface area contributed by atoms with E-state index in [4.69, 9.17) is 0 Å². The second kappa shape index (κ2) is 10.4. The van der Waals surface area contributed by atoms with Crippen LogP contribution in [0.3, 0.4) is 0 Å². The van der Waals surface area contributed by atoms with Gasteiger partial charge in [-0.1, -0.05) is 19.8 Å². The second-order valence-corrected chi connectivity index (χ2v) is 10.2. The summed E-state index contributed by atoms with van der Waals surface area (Å²) in [5.41, 5.74) is 1.03. The molecule has 0 saturated carbocycles. The Kier molecular flexibility index (Phi) is 7.89. The monoisotopic (exact) mass is 422 g/mol. The highest BCUT2D eigenvalue weighted by atomic mass is 32.2. The number of pyridine rings is 1. The molecule has 162 valence electrons. The van der Waals surface area contributed by atoms with Gasteiger partial charge in [0.2, 0.25) is 15.9 Å². The molecule has 1 atom stereocenters. The molecule has 0 spiro atoms. The lowest BCUT2D eigenvalue weighted by atomic mass is 9.99. The third-order valence-corrected chi connectivity index (χ3v) is 7.86. The van der Waals surface area contributed by atoms with Crippen LogP contribution in [-0.4, -0.2) is 55.5 Å². The zero-order chi connectivity index (χ0) is 20.7. The standard InChI is InChI=1S/C21H34N4O3S/c1-2-14-29(27,28)25-13-7-8-19(17-25)21(26)23-16-18-9-10-22-20(15-18)24-11-5-3-4-6-12-24/h9-10,15,19H,2-8,11-14,16-17H2,1H3,(H,23,26). The van der Waals surface area contributed by atoms with Gasteiger partial charge < -0.3 is 10.2 Å². The Balaban J connectivity index is 1.55. The summed E-state index contributed by atoms with van der Waals surface area (Å²) in [6.07, 6.45) is 8.81. The maximum Gasteiger partial charge on any atom is 0.224 e. The summed E-state index contributed by atoms with van der Waals surface area (Å²) in [4.78, 5) is 19.5. The molecule has 1 aromatic rings. The van der Waals surface area contributed by atoms with Crippen molar-refractivity contribution in [2.24, 2.45) is 5.92 Å². The summed E-state index contributed by atoms with van der Waals surface area (Å²) in [6, 6.07) is 3.99. The van der Waals surface area contributed by atoms with Crippen molar-refractivity contribution in [2.75, 3.05) is 36.8 Å². The van der Waals surface area contributed by atoms with Gasteiger partial charge in [0.1, 0.15) is 5.82 Å². The molecule has 2 aliphatic rings. The quantitative estimate of drug-likeness (QED) is 0.730. The number of carbonyl (C=O) groups is 1. The number of hydrogen-bond acceptors (Lipinski definition) is 5. The van der Waals surface area contributed by atoms with Crippen LogP contribution < -0.4 is 10.2 Å². The number of rotatable bonds is 7. The number of carbonyl (C=O) groups excluding carboxylic acids is 1. The van der Waals surface area contributed by atoms with E-state index in [0.29, 0.717) is 26.1 Å². The van der Waals surface area contributed by atoms with Crippen LogP contribution in [0, 0.1) is 5.92 Å². The second-order valence-electron chi connectivity index (χ2n) is 8.15. The van der Waals surface area contributed by atoms with Crippen LogP contribution in [0.25, 0.3) is 0 Å². The first kappa shape index (κ1) is 22.0. The number of piperidine rings is 1. The van der Waals surface area contributed by atoms with E-state index in [2.05, 4.69) is 21.3 Å². The van der Waals surface area contributed by atoms with Crippen molar-refractivity contribution in [3.05, 3.63) is 23.9 Å². The third-order valence-electron chi connectivity index (χ3n) is 5.82. The molecule has 0 aliphatic carbocycles. The fourth-order valence-corrected chi connectivity index (χ4v) is 5.76. The molecule has 3 rings (SSSR count). The van der Waals surface area contributed by atoms with Gasteiger partial charge in [-0.15, -0.1) is 0 Å². The highest BCUT2D eigenvalue weighted by molar-refractivity contribution is 7.89. The molecule has 0 aromatic carbocycles. The van der Waals surface area contributed by atoms with Crippen LogP contribution in [0.15, 0.2) is 18.3 Å². The molecule has 0 bridgehead atoms. The highest BCUT2D eigenvalue weighted by Crippen LogP contribution is 2.21. The lowest BCUT2D eigenvalue weighted by molar-refractivity contribution is -0.126. The van der Waals surface area contributed by atoms with E-state index in [1.165, 1.54) is 30.0 Å². The van der Waals surface area contributed by atoms with Crippen LogP contribution in [0.5, 0.6) is 0 Å². The molecule has 8 heteroatoms. The largest absolute Gasteiger partial charge is 0.357 e. The average molecular weight is 423 g/mol. The van der Waals surface area contributed by atoms with Crippen molar-refractivity contribution < 1.29 is 13.2 Å². The van der Waals surface area contributed by atoms with Crippen LogP contribution in [-0.2, 0) is 21.4 Å². The SMILES string of the molecule is CCCS(=O)(=O)N1CCCC(C(=O)NCc2ccnc(N3CCCCCC3)c2)C1. The van der Waals surface area contributed by atoms with Crippen LogP contribution in [0.4, 0.5) is 5.82 Å². The Morgan fingerprint density at radius 3 is 2.66 bits per heavy atom. The van der Waals surface area contributed by atoms with Crippen molar-refractivity contribution in [1.82, 2.24) is 14.6 Å². The Morgan fingerprint density at radius 2 is 1.93 bits per heavy atom. The first-order chi connectivity index (χ1) is 14.0. The molecule has 1 amide bonds. The number of nitrogens with zero attached hydrogens (tertiary/aromatic N) is 3. The average Bonchev–Trinajstić information content (AvgIpc) is 3.02. The number of hydrogen-bond donors (Lipinski definition) is 1. The smallest absolute Gasteiger partial charge is 0.224 e. The molecule has 0 radical (unpaired) electrons. The molecule has 7 nitrogen and oxygen atoms in total. The number of nitrogens with one attached hydrogen (secondary N) is 1. The van der Waals surface area contributed by atoms with Gasteiger partial charge >= 0.3 is 0 Å². The van der Waals surface area contributed by atoms with Gasteiger partial charge in [0.05, 0.1) is 11.7 Å². The van der Waals surface area contributed by atoms with Crippen molar-refractivity contribution in [2.45, 2.75) is 58.4 Å². The number of anilines is 1. The van der Waals surface area contributed by atoms with E-state index in [1.807, 2.05) is 13.0 Å². The molecule has 29 heavy (non-hydrogen) atoms. The molecule has 1 N–H and O–H groups in total. The minimum Gasteiger partial charge on any atom is -0.357 e. The summed E-state index contributed by atoms with van der Waals surface area (Å²) in [6.45, 7) is 5.19. The third kappa shape index (κ3) is 6.15. The van der Waals surface area contributed by atoms with Gasteiger partial charge in [0.15, 0.2) is 0 Å². The molecule has 1 unspecified atom stereocenters. The zero-order valence-corrected chi connectivity index (χ0v) is 18.3. The van der Waals surface area contributed by atoms with Crippen molar-refractivity contribution in [3.63, 3.8) is 0 Å². The Morgan fingerprint density at radius 1 is 1.17 bits per heavy atom. The number of amides is 1. The van der Waals surface area contributed by atoms with E-state index in [1.54, 1.807) is 6.20 Å². The fourth-order valence-electron chi connectivity index (χ4n) is 4.17.